The molecule has 0 bridgehead atoms. The third-order valence-corrected chi connectivity index (χ3v) is 6.71. The predicted octanol–water partition coefficient (Wildman–Crippen LogP) is 1.97. The molecule has 5 heteroatoms. The molecule has 3 saturated heterocycles. The number of likely N-dealkylation sites (tertiary alicyclic amines) is 3. The van der Waals surface area contributed by atoms with E-state index in [0.717, 1.165) is 77.9 Å². The Morgan fingerprint density at radius 3 is 2.54 bits per heavy atom. The van der Waals surface area contributed by atoms with Gasteiger partial charge < -0.3 is 14.9 Å². The molecule has 1 amide bonds. The Kier molecular flexibility index (Phi) is 6.41. The second kappa shape index (κ2) is 8.41. The Morgan fingerprint density at radius 1 is 1.12 bits per heavy atom. The van der Waals surface area contributed by atoms with Crippen molar-refractivity contribution in [2.75, 3.05) is 52.9 Å². The summed E-state index contributed by atoms with van der Waals surface area (Å²) in [6, 6.07) is 0. The van der Waals surface area contributed by atoms with E-state index >= 15 is 0 Å². The summed E-state index contributed by atoms with van der Waals surface area (Å²) >= 11 is 0. The summed E-state index contributed by atoms with van der Waals surface area (Å²) in [4.78, 5) is 20.0. The van der Waals surface area contributed by atoms with Gasteiger partial charge in [0.15, 0.2) is 0 Å². The van der Waals surface area contributed by atoms with E-state index < -0.39 is 0 Å². The molecule has 0 aromatic heterocycles. The maximum absolute atomic E-state index is 13.1. The Bertz CT molecular complexity index is 523. The lowest BCUT2D eigenvalue weighted by Crippen LogP contribution is -2.60. The number of hydrogen-bond donors (Lipinski definition) is 1. The molecule has 0 aliphatic carbocycles. The number of aliphatic hydroxyl groups excluding tert-OH is 1. The van der Waals surface area contributed by atoms with Gasteiger partial charge in [-0.3, -0.25) is 9.69 Å². The normalized spacial score (nSPS) is 32.0. The van der Waals surface area contributed by atoms with Crippen molar-refractivity contribution in [3.63, 3.8) is 0 Å². The molecule has 5 nitrogen and oxygen atoms in total. The van der Waals surface area contributed by atoms with Crippen LogP contribution >= 0.6 is 0 Å². The summed E-state index contributed by atoms with van der Waals surface area (Å²) in [7, 11) is 2.13. The molecule has 3 aliphatic rings. The van der Waals surface area contributed by atoms with Crippen LogP contribution in [0.5, 0.6) is 0 Å². The summed E-state index contributed by atoms with van der Waals surface area (Å²) < 4.78 is 0. The Hall–Kier alpha value is -0.910. The highest BCUT2D eigenvalue weighted by Crippen LogP contribution is 2.39. The van der Waals surface area contributed by atoms with Crippen molar-refractivity contribution in [3.05, 3.63) is 11.6 Å². The number of nitrogens with zero attached hydrogens (tertiary/aromatic N) is 3. The van der Waals surface area contributed by atoms with Gasteiger partial charge in [0.25, 0.3) is 0 Å². The molecule has 3 rings (SSSR count). The predicted molar refractivity (Wildman–Crippen MR) is 105 cm³/mol. The highest BCUT2D eigenvalue weighted by Gasteiger charge is 2.46. The molecule has 0 unspecified atom stereocenters. The number of amides is 1. The molecule has 0 saturated carbocycles. The monoisotopic (exact) mass is 363 g/mol. The topological polar surface area (TPSA) is 47.0 Å². The molecule has 1 N–H and O–H groups in total. The fourth-order valence-corrected chi connectivity index (χ4v) is 4.97. The Morgan fingerprint density at radius 2 is 1.85 bits per heavy atom. The van der Waals surface area contributed by atoms with Gasteiger partial charge in [0, 0.05) is 44.1 Å². The fourth-order valence-electron chi connectivity index (χ4n) is 4.97. The van der Waals surface area contributed by atoms with Gasteiger partial charge in [-0.2, -0.15) is 0 Å². The zero-order valence-corrected chi connectivity index (χ0v) is 16.9. The lowest BCUT2D eigenvalue weighted by molar-refractivity contribution is -0.146. The van der Waals surface area contributed by atoms with Crippen LogP contribution in [0.1, 0.15) is 46.0 Å². The van der Waals surface area contributed by atoms with Crippen LogP contribution in [0.2, 0.25) is 0 Å². The Balaban J connectivity index is 1.65. The lowest BCUT2D eigenvalue weighted by Gasteiger charge is -2.51. The van der Waals surface area contributed by atoms with Gasteiger partial charge in [0.1, 0.15) is 0 Å². The SMILES string of the molecule is CC(C)=CCN1CC[C@@H](O)[C@]2(CCCN(C(=O)C3CCN(C)CC3)C2)C1. The van der Waals surface area contributed by atoms with Gasteiger partial charge in [0.05, 0.1) is 6.10 Å². The van der Waals surface area contributed by atoms with Crippen LogP contribution in [0.25, 0.3) is 0 Å². The summed E-state index contributed by atoms with van der Waals surface area (Å²) in [6.07, 6.45) is 6.84. The van der Waals surface area contributed by atoms with Crippen LogP contribution < -0.4 is 0 Å². The number of piperidine rings is 3. The number of hydrogen-bond acceptors (Lipinski definition) is 4. The number of aliphatic hydroxyl groups is 1. The minimum absolute atomic E-state index is 0.132. The van der Waals surface area contributed by atoms with Crippen molar-refractivity contribution in [1.82, 2.24) is 14.7 Å². The van der Waals surface area contributed by atoms with Gasteiger partial charge in [-0.05, 0) is 66.1 Å². The van der Waals surface area contributed by atoms with Crippen molar-refractivity contribution in [1.29, 1.82) is 0 Å². The van der Waals surface area contributed by atoms with Crippen LogP contribution in [-0.4, -0.2) is 84.7 Å². The zero-order valence-electron chi connectivity index (χ0n) is 16.9. The highest BCUT2D eigenvalue weighted by atomic mass is 16.3. The van der Waals surface area contributed by atoms with Crippen molar-refractivity contribution in [2.45, 2.75) is 52.1 Å². The van der Waals surface area contributed by atoms with E-state index in [-0.39, 0.29) is 17.4 Å². The van der Waals surface area contributed by atoms with E-state index in [2.05, 4.69) is 41.7 Å². The van der Waals surface area contributed by atoms with Gasteiger partial charge >= 0.3 is 0 Å². The molecule has 148 valence electrons. The minimum Gasteiger partial charge on any atom is -0.392 e. The van der Waals surface area contributed by atoms with E-state index in [4.69, 9.17) is 0 Å². The quantitative estimate of drug-likeness (QED) is 0.779. The zero-order chi connectivity index (χ0) is 18.7. The highest BCUT2D eigenvalue weighted by molar-refractivity contribution is 5.79. The number of carbonyl (C=O) groups excluding carboxylic acids is 1. The van der Waals surface area contributed by atoms with Crippen LogP contribution in [0, 0.1) is 11.3 Å². The molecule has 0 aromatic carbocycles. The van der Waals surface area contributed by atoms with E-state index in [1.165, 1.54) is 5.57 Å². The third-order valence-electron chi connectivity index (χ3n) is 6.71. The minimum atomic E-state index is -0.279. The number of carbonyl (C=O) groups is 1. The smallest absolute Gasteiger partial charge is 0.225 e. The standard InChI is InChI=1S/C21H37N3O2/c1-17(2)5-13-23-14-8-19(25)21(15-23)9-4-10-24(16-21)20(26)18-6-11-22(3)12-7-18/h5,18-19,25H,4,6-16H2,1-3H3/t19-,21-/m1/s1. The van der Waals surface area contributed by atoms with Crippen LogP contribution in [0.3, 0.4) is 0 Å². The van der Waals surface area contributed by atoms with Gasteiger partial charge in [0.2, 0.25) is 5.91 Å². The average molecular weight is 364 g/mol. The van der Waals surface area contributed by atoms with Crippen LogP contribution in [0.4, 0.5) is 0 Å². The van der Waals surface area contributed by atoms with E-state index in [9.17, 15) is 9.90 Å². The summed E-state index contributed by atoms with van der Waals surface area (Å²) in [6.45, 7) is 10.8. The number of allylic oxidation sites excluding steroid dienone is 1. The first-order valence-corrected chi connectivity index (χ1v) is 10.4. The molecule has 3 aliphatic heterocycles. The van der Waals surface area contributed by atoms with E-state index in [1.807, 2.05) is 0 Å². The molecular formula is C21H37N3O2. The lowest BCUT2D eigenvalue weighted by atomic mass is 9.71. The maximum Gasteiger partial charge on any atom is 0.225 e. The molecule has 26 heavy (non-hydrogen) atoms. The van der Waals surface area contributed by atoms with Crippen LogP contribution in [0.15, 0.2) is 11.6 Å². The van der Waals surface area contributed by atoms with Crippen molar-refractivity contribution in [3.8, 4) is 0 Å². The largest absolute Gasteiger partial charge is 0.392 e. The van der Waals surface area contributed by atoms with E-state index in [0.29, 0.717) is 5.91 Å². The molecule has 0 radical (unpaired) electrons. The average Bonchev–Trinajstić information content (AvgIpc) is 2.63. The molecule has 3 heterocycles. The molecular weight excluding hydrogens is 326 g/mol. The van der Waals surface area contributed by atoms with Crippen molar-refractivity contribution >= 4 is 5.91 Å². The fraction of sp³-hybridized carbons (Fsp3) is 0.857. The van der Waals surface area contributed by atoms with Crippen molar-refractivity contribution < 1.29 is 9.90 Å². The second-order valence-electron chi connectivity index (χ2n) is 9.12. The molecule has 3 fully saturated rings. The van der Waals surface area contributed by atoms with Gasteiger partial charge in [-0.15, -0.1) is 0 Å². The van der Waals surface area contributed by atoms with Gasteiger partial charge in [-0.1, -0.05) is 11.6 Å². The first-order valence-electron chi connectivity index (χ1n) is 10.4. The first kappa shape index (κ1) is 19.8. The summed E-state index contributed by atoms with van der Waals surface area (Å²) in [5.41, 5.74) is 1.21. The molecule has 2 atom stereocenters. The van der Waals surface area contributed by atoms with E-state index in [1.54, 1.807) is 0 Å². The number of rotatable bonds is 3. The third kappa shape index (κ3) is 4.49. The second-order valence-corrected chi connectivity index (χ2v) is 9.12. The summed E-state index contributed by atoms with van der Waals surface area (Å²) in [5.74, 6) is 0.523. The van der Waals surface area contributed by atoms with Crippen LogP contribution in [-0.2, 0) is 4.79 Å². The van der Waals surface area contributed by atoms with Gasteiger partial charge in [-0.25, -0.2) is 0 Å². The van der Waals surface area contributed by atoms with Crippen molar-refractivity contribution in [2.24, 2.45) is 11.3 Å². The first-order chi connectivity index (χ1) is 12.4. The maximum atomic E-state index is 13.1. The Labute approximate surface area is 159 Å². The molecule has 0 aromatic rings. The summed E-state index contributed by atoms with van der Waals surface area (Å²) in [5, 5.41) is 10.8. The molecule has 1 spiro atoms.